The second-order valence-corrected chi connectivity index (χ2v) is 5.02. The molecule has 0 bridgehead atoms. The van der Waals surface area contributed by atoms with Crippen LogP contribution in [-0.2, 0) is 0 Å². The largest absolute Gasteiger partial charge is 0.330 e. The molecule has 3 rings (SSSR count). The number of benzene rings is 2. The second-order valence-electron chi connectivity index (χ2n) is 4.20. The molecule has 0 aliphatic rings. The molecule has 0 aliphatic carbocycles. The Balaban J connectivity index is 2.44. The van der Waals surface area contributed by atoms with Gasteiger partial charge < -0.3 is 4.98 Å². The average molecular weight is 304 g/mol. The first-order chi connectivity index (χ1) is 9.60. The van der Waals surface area contributed by atoms with Gasteiger partial charge in [-0.25, -0.2) is 4.39 Å². The molecule has 1 heterocycles. The van der Waals surface area contributed by atoms with Crippen molar-refractivity contribution in [2.45, 2.75) is 0 Å². The molecular weight excluding hydrogens is 297 g/mol. The van der Waals surface area contributed by atoms with Crippen LogP contribution >= 0.6 is 23.8 Å². The number of imidazole rings is 1. The van der Waals surface area contributed by atoms with Gasteiger partial charge in [-0.15, -0.1) is 0 Å². The summed E-state index contributed by atoms with van der Waals surface area (Å²) in [6.45, 7) is 0. The number of fused-ring (bicyclic) bond motifs is 1. The van der Waals surface area contributed by atoms with Gasteiger partial charge in [-0.2, -0.15) is 5.26 Å². The van der Waals surface area contributed by atoms with E-state index in [2.05, 4.69) is 11.1 Å². The average Bonchev–Trinajstić information content (AvgIpc) is 2.74. The van der Waals surface area contributed by atoms with Crippen LogP contribution in [0.3, 0.4) is 0 Å². The monoisotopic (exact) mass is 303 g/mol. The number of nitrogens with zero attached hydrogens (tertiary/aromatic N) is 2. The minimum atomic E-state index is -0.374. The van der Waals surface area contributed by atoms with Crippen molar-refractivity contribution in [2.75, 3.05) is 0 Å². The topological polar surface area (TPSA) is 44.5 Å². The van der Waals surface area contributed by atoms with Crippen LogP contribution in [0.1, 0.15) is 5.56 Å². The van der Waals surface area contributed by atoms with Crippen LogP contribution in [0.2, 0.25) is 5.02 Å². The molecule has 0 saturated heterocycles. The third-order valence-corrected chi connectivity index (χ3v) is 3.49. The van der Waals surface area contributed by atoms with Gasteiger partial charge in [0.05, 0.1) is 22.3 Å². The Morgan fingerprint density at radius 2 is 2.05 bits per heavy atom. The maximum atomic E-state index is 13.5. The Bertz CT molecular complexity index is 920. The molecule has 1 N–H and O–H groups in total. The standard InChI is InChI=1S/C14H7ClFN3S/c15-9-2-1-8(7-17)12(5-9)19-13-6-10(16)3-4-11(13)18-14(19)20/h1-6H,(H,18,20). The minimum absolute atomic E-state index is 0.374. The van der Waals surface area contributed by atoms with Crippen molar-refractivity contribution >= 4 is 34.9 Å². The lowest BCUT2D eigenvalue weighted by Gasteiger charge is -2.07. The number of nitriles is 1. The number of aromatic amines is 1. The molecule has 3 nitrogen and oxygen atoms in total. The van der Waals surface area contributed by atoms with Gasteiger partial charge in [-0.05, 0) is 42.5 Å². The van der Waals surface area contributed by atoms with Gasteiger partial charge in [0.2, 0.25) is 0 Å². The number of hydrogen-bond donors (Lipinski definition) is 1. The molecule has 0 spiro atoms. The number of H-pyrrole nitrogens is 1. The Morgan fingerprint density at radius 1 is 1.25 bits per heavy atom. The summed E-state index contributed by atoms with van der Waals surface area (Å²) in [5.74, 6) is -0.374. The second kappa shape index (κ2) is 4.75. The summed E-state index contributed by atoms with van der Waals surface area (Å²) in [6, 6.07) is 11.3. The lowest BCUT2D eigenvalue weighted by molar-refractivity contribution is 0.629. The Labute approximate surface area is 123 Å². The van der Waals surface area contributed by atoms with E-state index in [4.69, 9.17) is 23.8 Å². The first-order valence-electron chi connectivity index (χ1n) is 5.70. The Kier molecular flexibility index (Phi) is 3.05. The van der Waals surface area contributed by atoms with Gasteiger partial charge in [-0.3, -0.25) is 4.57 Å². The van der Waals surface area contributed by atoms with Crippen molar-refractivity contribution in [3.05, 3.63) is 57.6 Å². The molecule has 0 atom stereocenters. The van der Waals surface area contributed by atoms with Gasteiger partial charge in [0, 0.05) is 11.1 Å². The molecule has 98 valence electrons. The maximum absolute atomic E-state index is 13.5. The zero-order valence-corrected chi connectivity index (χ0v) is 11.6. The SMILES string of the molecule is N#Cc1ccc(Cl)cc1-n1c(=S)[nH]c2ccc(F)cc21. The van der Waals surface area contributed by atoms with E-state index < -0.39 is 0 Å². The molecule has 1 aromatic heterocycles. The summed E-state index contributed by atoms with van der Waals surface area (Å²) in [5, 5.41) is 9.68. The lowest BCUT2D eigenvalue weighted by atomic mass is 10.2. The van der Waals surface area contributed by atoms with Crippen molar-refractivity contribution < 1.29 is 4.39 Å². The lowest BCUT2D eigenvalue weighted by Crippen LogP contribution is -1.98. The van der Waals surface area contributed by atoms with E-state index in [1.165, 1.54) is 12.1 Å². The van der Waals surface area contributed by atoms with E-state index in [9.17, 15) is 9.65 Å². The summed E-state index contributed by atoms with van der Waals surface area (Å²) >= 11 is 11.2. The Morgan fingerprint density at radius 3 is 2.80 bits per heavy atom. The van der Waals surface area contributed by atoms with E-state index in [0.717, 1.165) is 0 Å². The zero-order valence-electron chi connectivity index (χ0n) is 10.0. The van der Waals surface area contributed by atoms with Crippen molar-refractivity contribution in [1.29, 1.82) is 5.26 Å². The van der Waals surface area contributed by atoms with E-state index in [-0.39, 0.29) is 5.82 Å². The number of rotatable bonds is 1. The highest BCUT2D eigenvalue weighted by Crippen LogP contribution is 2.25. The zero-order chi connectivity index (χ0) is 14.3. The smallest absolute Gasteiger partial charge is 0.182 e. The molecule has 0 unspecified atom stereocenters. The third kappa shape index (κ3) is 1.99. The van der Waals surface area contributed by atoms with Crippen LogP contribution < -0.4 is 0 Å². The number of halogens is 2. The first kappa shape index (κ1) is 12.9. The maximum Gasteiger partial charge on any atom is 0.182 e. The minimum Gasteiger partial charge on any atom is -0.330 e. The molecule has 2 aromatic carbocycles. The molecule has 0 amide bonds. The summed E-state index contributed by atoms with van der Waals surface area (Å²) < 4.78 is 15.4. The van der Waals surface area contributed by atoms with Crippen LogP contribution in [0, 0.1) is 21.9 Å². The van der Waals surface area contributed by atoms with Crippen LogP contribution in [0.25, 0.3) is 16.7 Å². The summed E-state index contributed by atoms with van der Waals surface area (Å²) in [5.41, 5.74) is 2.20. The fourth-order valence-electron chi connectivity index (χ4n) is 2.10. The summed E-state index contributed by atoms with van der Waals surface area (Å²) in [4.78, 5) is 2.98. The number of hydrogen-bond acceptors (Lipinski definition) is 2. The molecule has 0 saturated carbocycles. The van der Waals surface area contributed by atoms with Gasteiger partial charge in [-0.1, -0.05) is 11.6 Å². The first-order valence-corrected chi connectivity index (χ1v) is 6.49. The van der Waals surface area contributed by atoms with Crippen molar-refractivity contribution in [3.8, 4) is 11.8 Å². The van der Waals surface area contributed by atoms with Crippen molar-refractivity contribution in [2.24, 2.45) is 0 Å². The molecule has 0 fully saturated rings. The van der Waals surface area contributed by atoms with E-state index in [1.54, 1.807) is 28.8 Å². The fraction of sp³-hybridized carbons (Fsp3) is 0. The quantitative estimate of drug-likeness (QED) is 0.679. The molecule has 6 heteroatoms. The van der Waals surface area contributed by atoms with Gasteiger partial charge in [0.25, 0.3) is 0 Å². The van der Waals surface area contributed by atoms with E-state index in [1.807, 2.05) is 0 Å². The normalized spacial score (nSPS) is 10.7. The predicted octanol–water partition coefficient (Wildman–Crippen LogP) is 4.35. The molecule has 0 aliphatic heterocycles. The highest BCUT2D eigenvalue weighted by atomic mass is 35.5. The number of nitrogens with one attached hydrogen (secondary N) is 1. The van der Waals surface area contributed by atoms with Gasteiger partial charge in [0.15, 0.2) is 4.77 Å². The van der Waals surface area contributed by atoms with E-state index >= 15 is 0 Å². The molecule has 3 aromatic rings. The van der Waals surface area contributed by atoms with Crippen LogP contribution in [0.15, 0.2) is 36.4 Å². The van der Waals surface area contributed by atoms with Crippen LogP contribution in [0.5, 0.6) is 0 Å². The van der Waals surface area contributed by atoms with Crippen molar-refractivity contribution in [1.82, 2.24) is 9.55 Å². The molecule has 20 heavy (non-hydrogen) atoms. The van der Waals surface area contributed by atoms with Crippen LogP contribution in [-0.4, -0.2) is 9.55 Å². The molecular formula is C14H7ClFN3S. The third-order valence-electron chi connectivity index (χ3n) is 2.97. The highest BCUT2D eigenvalue weighted by Gasteiger charge is 2.12. The predicted molar refractivity (Wildman–Crippen MR) is 78.1 cm³/mol. The van der Waals surface area contributed by atoms with Gasteiger partial charge in [0.1, 0.15) is 11.9 Å². The summed E-state index contributed by atoms with van der Waals surface area (Å²) in [7, 11) is 0. The Hall–Kier alpha value is -2.16. The van der Waals surface area contributed by atoms with Crippen LogP contribution in [0.4, 0.5) is 4.39 Å². The fourth-order valence-corrected chi connectivity index (χ4v) is 2.57. The number of aromatic nitrogens is 2. The van der Waals surface area contributed by atoms with E-state index in [0.29, 0.717) is 32.1 Å². The van der Waals surface area contributed by atoms with Gasteiger partial charge >= 0.3 is 0 Å². The highest BCUT2D eigenvalue weighted by molar-refractivity contribution is 7.71. The summed E-state index contributed by atoms with van der Waals surface area (Å²) in [6.07, 6.45) is 0. The molecule has 0 radical (unpaired) electrons. The van der Waals surface area contributed by atoms with Crippen molar-refractivity contribution in [3.63, 3.8) is 0 Å².